The van der Waals surface area contributed by atoms with Gasteiger partial charge in [0.15, 0.2) is 0 Å². The molecular formula is C80H116Dy2K2N2O8. The third kappa shape index (κ3) is 29.8. The van der Waals surface area contributed by atoms with Crippen LogP contribution in [0.3, 0.4) is 0 Å². The maximum atomic E-state index is 12.3. The Morgan fingerprint density at radius 3 is 0.532 bits per heavy atom. The van der Waals surface area contributed by atoms with Crippen molar-refractivity contribution >= 4 is 21.8 Å². The van der Waals surface area contributed by atoms with E-state index in [0.29, 0.717) is 21.8 Å². The Morgan fingerprint density at radius 2 is 0.426 bits per heavy atom. The van der Waals surface area contributed by atoms with Gasteiger partial charge in [-0.25, -0.2) is 0 Å². The molecule has 0 N–H and O–H groups in total. The van der Waals surface area contributed by atoms with Crippen LogP contribution in [0.15, 0.2) is 48.5 Å². The number of para-hydroxylation sites is 2. The number of ether oxygens (including phenoxy) is 6. The number of aromatic nitrogens is 2. The summed E-state index contributed by atoms with van der Waals surface area (Å²) in [5, 5.41) is 25.7. The third-order valence-corrected chi connectivity index (χ3v) is 19.6. The normalized spacial score (nSPS) is 14.6. The van der Waals surface area contributed by atoms with E-state index in [1.54, 1.807) is 36.4 Å². The third-order valence-electron chi connectivity index (χ3n) is 19.6. The van der Waals surface area contributed by atoms with Crippen molar-refractivity contribution in [2.24, 2.45) is 0 Å². The van der Waals surface area contributed by atoms with Crippen LogP contribution in [0.5, 0.6) is 11.5 Å². The SMILES string of the molecule is C1CCOC1.C1CCOC1.C1CCOC1.C1CCOC1.C1CCOC1.C1CCOC1.Cc1c(C)c(C)[c-](C)c1C.Cc1c(C)c(C)[c-](C)c1C.Cc1c(C)c(C)[c-](C)c1C.Cc1c(C)c(C)[c-](C)c1C.[Dy+3].[Dy+3].[K+].[K+].[O-]c1c(-c2[n-]c3ccccc3c2[O-])[n-]c2ccccc12. The van der Waals surface area contributed by atoms with Gasteiger partial charge >= 0.3 is 179 Å². The van der Waals surface area contributed by atoms with Crippen LogP contribution < -0.4 is 123 Å². The minimum absolute atomic E-state index is 0. The molecule has 2 aromatic heterocycles. The second kappa shape index (κ2) is 51.3. The molecule has 6 aliphatic heterocycles. The van der Waals surface area contributed by atoms with Crippen LogP contribution in [0.2, 0.25) is 0 Å². The average Bonchev–Trinajstić information content (AvgIpc) is 1.65. The number of nitrogens with zero attached hydrogens (tertiary/aromatic N) is 2. The van der Waals surface area contributed by atoms with Crippen LogP contribution in [0.25, 0.3) is 33.2 Å². The first-order chi connectivity index (χ1) is 43.0. The van der Waals surface area contributed by atoms with E-state index in [0.717, 1.165) is 79.3 Å². The van der Waals surface area contributed by atoms with Gasteiger partial charge in [0, 0.05) is 79.3 Å². The molecule has 0 aliphatic carbocycles. The van der Waals surface area contributed by atoms with E-state index in [9.17, 15) is 10.2 Å². The smallest absolute Gasteiger partial charge is 0.873 e. The van der Waals surface area contributed by atoms with Gasteiger partial charge in [0.2, 0.25) is 0 Å². The van der Waals surface area contributed by atoms with Gasteiger partial charge in [0.05, 0.1) is 0 Å². The number of fused-ring (bicyclic) bond motifs is 2. The van der Waals surface area contributed by atoms with Gasteiger partial charge in [0.25, 0.3) is 0 Å². The van der Waals surface area contributed by atoms with Gasteiger partial charge < -0.3 is 48.6 Å². The number of hydrogen-bond acceptors (Lipinski definition) is 8. The molecule has 10 nitrogen and oxygen atoms in total. The van der Waals surface area contributed by atoms with E-state index >= 15 is 0 Å². The zero-order chi connectivity index (χ0) is 66.5. The second-order valence-electron chi connectivity index (χ2n) is 25.0. The fraction of sp³-hybridized carbons (Fsp3) is 0.550. The largest absolute Gasteiger partial charge is 3.00 e. The molecular weight excluding hydrogens is 1520 g/mol. The van der Waals surface area contributed by atoms with Crippen molar-refractivity contribution in [2.45, 2.75) is 216 Å². The van der Waals surface area contributed by atoms with Crippen LogP contribution in [-0.2, 0) is 28.4 Å². The summed E-state index contributed by atoms with van der Waals surface area (Å²) in [5.74, 6) is -0.471. The van der Waals surface area contributed by atoms with Crippen molar-refractivity contribution in [1.82, 2.24) is 9.97 Å². The molecule has 0 spiro atoms. The Balaban J connectivity index is 0.00000105. The van der Waals surface area contributed by atoms with Crippen LogP contribution in [0, 0.1) is 215 Å². The quantitative estimate of drug-likeness (QED) is 0.116. The molecule has 14 rings (SSSR count). The van der Waals surface area contributed by atoms with Crippen molar-refractivity contribution in [3.8, 4) is 22.9 Å². The fourth-order valence-corrected chi connectivity index (χ4v) is 11.1. The fourth-order valence-electron chi connectivity index (χ4n) is 11.1. The molecule has 0 bridgehead atoms. The van der Waals surface area contributed by atoms with E-state index in [4.69, 9.17) is 28.4 Å². The van der Waals surface area contributed by atoms with E-state index in [-0.39, 0.29) is 202 Å². The van der Waals surface area contributed by atoms with Gasteiger partial charge in [-0.05, 0) is 87.8 Å². The summed E-state index contributed by atoms with van der Waals surface area (Å²) in [7, 11) is 0. The molecule has 0 atom stereocenters. The maximum absolute atomic E-state index is 12.3. The van der Waals surface area contributed by atoms with Crippen molar-refractivity contribution in [1.29, 1.82) is 0 Å². The maximum Gasteiger partial charge on any atom is 3.00 e. The zero-order valence-corrected chi connectivity index (χ0v) is 72.7. The summed E-state index contributed by atoms with van der Waals surface area (Å²) in [6.45, 7) is 56.0. The monoisotopic (exact) mass is 1640 g/mol. The molecule has 0 amide bonds. The number of rotatable bonds is 1. The topological polar surface area (TPSA) is 130 Å². The van der Waals surface area contributed by atoms with Gasteiger partial charge in [-0.15, -0.1) is 22.5 Å². The van der Waals surface area contributed by atoms with Crippen LogP contribution in [0.1, 0.15) is 188 Å². The van der Waals surface area contributed by atoms with Crippen LogP contribution in [0.4, 0.5) is 0 Å². The Kier molecular flexibility index (Phi) is 51.3. The van der Waals surface area contributed by atoms with Crippen molar-refractivity contribution in [3.05, 3.63) is 160 Å². The second-order valence-corrected chi connectivity index (χ2v) is 25.0. The number of hydrogen-bond donors (Lipinski definition) is 0. The molecule has 94 heavy (non-hydrogen) atoms. The van der Waals surface area contributed by atoms with E-state index in [1.807, 2.05) is 12.1 Å². The average molecular weight is 1640 g/mol. The summed E-state index contributed by atoms with van der Waals surface area (Å²) >= 11 is 0. The molecule has 516 valence electrons. The summed E-state index contributed by atoms with van der Waals surface area (Å²) < 4.78 is 29.7. The van der Waals surface area contributed by atoms with Gasteiger partial charge in [-0.3, -0.25) is 0 Å². The summed E-state index contributed by atoms with van der Waals surface area (Å²) in [5.41, 5.74) is 30.8. The predicted molar refractivity (Wildman–Crippen MR) is 376 cm³/mol. The van der Waals surface area contributed by atoms with E-state index < -0.39 is 0 Å². The first-order valence-corrected chi connectivity index (χ1v) is 33.7. The Morgan fingerprint density at radius 1 is 0.277 bits per heavy atom. The molecule has 2 radical (unpaired) electrons. The Labute approximate surface area is 716 Å². The molecule has 6 aromatic carbocycles. The van der Waals surface area contributed by atoms with Crippen LogP contribution >= 0.6 is 0 Å². The summed E-state index contributed by atoms with van der Waals surface area (Å²) in [4.78, 5) is 8.53. The minimum Gasteiger partial charge on any atom is -0.873 e. The molecule has 14 heteroatoms. The molecule has 6 aliphatic rings. The number of benzene rings is 2. The molecule has 8 heterocycles. The van der Waals surface area contributed by atoms with Gasteiger partial charge in [-0.1, -0.05) is 187 Å². The van der Waals surface area contributed by atoms with Crippen molar-refractivity contribution in [2.75, 3.05) is 79.3 Å². The first kappa shape index (κ1) is 94.1. The molecule has 0 unspecified atom stereocenters. The standard InChI is InChI=1S/C16H10N2O2.4C10H15.6C4H8O.2Dy.2K/c19-15-9-5-1-3-7-11(9)17-13(15)14-16(20)10-6-2-4-8-12(10)18-14;4*1-6-7(2)9(4)10(5)8(6)3;6*1-2-4-5-3-1;;;;/h1-8,19-20H;4*1-5H3;6*1-4H2;;;;/q-2;4*-1;;;;;;;2*+3;2*+1/p-2. The van der Waals surface area contributed by atoms with Crippen LogP contribution in [-0.4, -0.2) is 79.3 Å². The summed E-state index contributed by atoms with van der Waals surface area (Å²) in [6, 6.07) is 14.1. The van der Waals surface area contributed by atoms with Gasteiger partial charge in [-0.2, -0.15) is 123 Å². The van der Waals surface area contributed by atoms with Crippen molar-refractivity contribution < 1.29 is 218 Å². The zero-order valence-electron chi connectivity index (χ0n) is 62.4. The van der Waals surface area contributed by atoms with Gasteiger partial charge in [0.1, 0.15) is 0 Å². The predicted octanol–water partition coefficient (Wildman–Crippen LogP) is 12.3. The Bertz CT molecular complexity index is 2600. The van der Waals surface area contributed by atoms with E-state index in [2.05, 4.69) is 148 Å². The molecule has 6 fully saturated rings. The molecule has 6 saturated heterocycles. The van der Waals surface area contributed by atoms with Crippen molar-refractivity contribution in [3.63, 3.8) is 0 Å². The summed E-state index contributed by atoms with van der Waals surface area (Å²) in [6.07, 6.45) is 15.3. The van der Waals surface area contributed by atoms with E-state index in [1.165, 1.54) is 188 Å². The molecule has 8 aromatic rings. The Hall–Kier alpha value is 0.0982. The minimum atomic E-state index is -0.236. The molecule has 0 saturated carbocycles. The first-order valence-electron chi connectivity index (χ1n) is 33.7.